The molecular weight excluding hydrogens is 307 g/mol. The first-order valence-electron chi connectivity index (χ1n) is 6.78. The van der Waals surface area contributed by atoms with Gasteiger partial charge in [-0.3, -0.25) is 0 Å². The van der Waals surface area contributed by atoms with Crippen LogP contribution >= 0.6 is 0 Å². The largest absolute Gasteiger partial charge is 0.494 e. The smallest absolute Gasteiger partial charge is 0.478 e. The van der Waals surface area contributed by atoms with Crippen LogP contribution in [0.15, 0.2) is 23.1 Å². The summed E-state index contributed by atoms with van der Waals surface area (Å²) in [7, 11) is -4.42. The molecule has 2 rings (SSSR count). The number of benzene rings is 1. The second-order valence-corrected chi connectivity index (χ2v) is 8.41. The Balaban J connectivity index is 2.50. The molecule has 8 heteroatoms. The van der Waals surface area contributed by atoms with Crippen molar-refractivity contribution in [3.05, 3.63) is 23.8 Å². The zero-order valence-corrected chi connectivity index (χ0v) is 14.0. The third kappa shape index (κ3) is 2.91. The van der Waals surface area contributed by atoms with E-state index in [0.717, 1.165) is 6.26 Å². The highest BCUT2D eigenvalue weighted by molar-refractivity contribution is 7.90. The third-order valence-electron chi connectivity index (χ3n) is 4.16. The molecule has 1 aliphatic rings. The van der Waals surface area contributed by atoms with Crippen molar-refractivity contribution in [1.82, 2.24) is 0 Å². The average molecular weight is 326 g/mol. The lowest BCUT2D eigenvalue weighted by Gasteiger charge is -2.32. The topological polar surface area (TPSA) is 89.9 Å². The fraction of sp³-hybridized carbons (Fsp3) is 0.500. The zero-order valence-electron chi connectivity index (χ0n) is 13.2. The molecule has 0 spiro atoms. The predicted octanol–water partition coefficient (Wildman–Crippen LogP) is 1.09. The summed E-state index contributed by atoms with van der Waals surface area (Å²) in [5, 5.41) is 9.12. The SMILES string of the molecule is CC1(C)OB(c2ccc(C(=O)O)c(S(C)(=O)=O)c2)OC1(C)C. The fourth-order valence-electron chi connectivity index (χ4n) is 2.15. The van der Waals surface area contributed by atoms with Crippen LogP contribution < -0.4 is 5.46 Å². The van der Waals surface area contributed by atoms with E-state index in [-0.39, 0.29) is 10.5 Å². The van der Waals surface area contributed by atoms with Gasteiger partial charge in [-0.1, -0.05) is 6.07 Å². The molecule has 0 aromatic heterocycles. The van der Waals surface area contributed by atoms with E-state index in [1.165, 1.54) is 18.2 Å². The first kappa shape index (κ1) is 17.0. The second-order valence-electron chi connectivity index (χ2n) is 6.42. The van der Waals surface area contributed by atoms with E-state index < -0.39 is 34.1 Å². The molecule has 22 heavy (non-hydrogen) atoms. The van der Waals surface area contributed by atoms with Crippen molar-refractivity contribution < 1.29 is 27.6 Å². The van der Waals surface area contributed by atoms with Gasteiger partial charge in [0.2, 0.25) is 0 Å². The lowest BCUT2D eigenvalue weighted by Crippen LogP contribution is -2.41. The van der Waals surface area contributed by atoms with Crippen molar-refractivity contribution in [1.29, 1.82) is 0 Å². The molecule has 0 amide bonds. The second kappa shape index (κ2) is 5.08. The molecule has 0 atom stereocenters. The summed E-state index contributed by atoms with van der Waals surface area (Å²) >= 11 is 0. The van der Waals surface area contributed by atoms with Crippen LogP contribution in [0.5, 0.6) is 0 Å². The molecule has 0 saturated carbocycles. The quantitative estimate of drug-likeness (QED) is 0.836. The van der Waals surface area contributed by atoms with Crippen LogP contribution in [-0.2, 0) is 19.1 Å². The van der Waals surface area contributed by atoms with Crippen molar-refractivity contribution >= 4 is 28.4 Å². The number of carboxylic acid groups (broad SMARTS) is 1. The van der Waals surface area contributed by atoms with Gasteiger partial charge in [0.25, 0.3) is 0 Å². The van der Waals surface area contributed by atoms with Crippen molar-refractivity contribution in [2.45, 2.75) is 43.8 Å². The Morgan fingerprint density at radius 2 is 1.64 bits per heavy atom. The van der Waals surface area contributed by atoms with E-state index in [9.17, 15) is 13.2 Å². The Kier molecular flexibility index (Phi) is 3.92. The van der Waals surface area contributed by atoms with Crippen LogP contribution in [0.4, 0.5) is 0 Å². The molecule has 1 aliphatic heterocycles. The summed E-state index contributed by atoms with van der Waals surface area (Å²) in [6, 6.07) is 4.08. The Morgan fingerprint density at radius 1 is 1.14 bits per heavy atom. The molecule has 1 saturated heterocycles. The summed E-state index contributed by atoms with van der Waals surface area (Å²) in [4.78, 5) is 10.9. The summed E-state index contributed by atoms with van der Waals surface area (Å²) in [6.45, 7) is 7.54. The van der Waals surface area contributed by atoms with Crippen LogP contribution in [0, 0.1) is 0 Å². The van der Waals surface area contributed by atoms with Gasteiger partial charge < -0.3 is 14.4 Å². The van der Waals surface area contributed by atoms with Gasteiger partial charge in [-0.15, -0.1) is 0 Å². The Hall–Kier alpha value is -1.38. The molecule has 0 aliphatic carbocycles. The molecule has 0 unspecified atom stereocenters. The Labute approximate surface area is 130 Å². The molecule has 120 valence electrons. The first-order valence-corrected chi connectivity index (χ1v) is 8.67. The maximum absolute atomic E-state index is 11.8. The minimum absolute atomic E-state index is 0.243. The molecular formula is C14H19BO6S. The number of hydrogen-bond acceptors (Lipinski definition) is 5. The number of sulfone groups is 1. The number of rotatable bonds is 3. The van der Waals surface area contributed by atoms with Crippen LogP contribution in [0.25, 0.3) is 0 Å². The van der Waals surface area contributed by atoms with Crippen LogP contribution in [0.2, 0.25) is 0 Å². The molecule has 6 nitrogen and oxygen atoms in total. The van der Waals surface area contributed by atoms with E-state index in [1.54, 1.807) is 0 Å². The highest BCUT2D eigenvalue weighted by atomic mass is 32.2. The summed E-state index contributed by atoms with van der Waals surface area (Å²) < 4.78 is 35.4. The number of aromatic carboxylic acids is 1. The highest BCUT2D eigenvalue weighted by Crippen LogP contribution is 2.36. The summed E-state index contributed by atoms with van der Waals surface area (Å²) in [5.74, 6) is -1.29. The molecule has 1 fully saturated rings. The zero-order chi connectivity index (χ0) is 16.9. The number of hydrogen-bond donors (Lipinski definition) is 1. The molecule has 1 aromatic rings. The molecule has 0 radical (unpaired) electrons. The summed E-state index contributed by atoms with van der Waals surface area (Å²) in [5.41, 5.74) is -0.908. The average Bonchev–Trinajstić information content (AvgIpc) is 2.56. The van der Waals surface area contributed by atoms with Gasteiger partial charge in [-0.05, 0) is 45.3 Å². The van der Waals surface area contributed by atoms with Crippen molar-refractivity contribution in [2.75, 3.05) is 6.26 Å². The van der Waals surface area contributed by atoms with Crippen LogP contribution in [0.3, 0.4) is 0 Å². The van der Waals surface area contributed by atoms with E-state index >= 15 is 0 Å². The third-order valence-corrected chi connectivity index (χ3v) is 5.30. The van der Waals surface area contributed by atoms with Gasteiger partial charge in [-0.2, -0.15) is 0 Å². The Bertz CT molecular complexity index is 707. The van der Waals surface area contributed by atoms with Gasteiger partial charge in [0.05, 0.1) is 21.7 Å². The molecule has 1 heterocycles. The maximum Gasteiger partial charge on any atom is 0.494 e. The maximum atomic E-state index is 11.8. The number of carboxylic acids is 1. The van der Waals surface area contributed by atoms with E-state index in [1.807, 2.05) is 27.7 Å². The number of carbonyl (C=O) groups is 1. The highest BCUT2D eigenvalue weighted by Gasteiger charge is 2.51. The van der Waals surface area contributed by atoms with E-state index in [0.29, 0.717) is 5.46 Å². The normalized spacial score (nSPS) is 20.1. The predicted molar refractivity (Wildman–Crippen MR) is 82.2 cm³/mol. The minimum atomic E-state index is -3.68. The van der Waals surface area contributed by atoms with E-state index in [4.69, 9.17) is 14.4 Å². The van der Waals surface area contributed by atoms with Gasteiger partial charge in [0, 0.05) is 6.26 Å². The van der Waals surface area contributed by atoms with Crippen LogP contribution in [0.1, 0.15) is 38.1 Å². The molecule has 1 aromatic carbocycles. The van der Waals surface area contributed by atoms with Crippen molar-refractivity contribution in [3.8, 4) is 0 Å². The van der Waals surface area contributed by atoms with Gasteiger partial charge in [-0.25, -0.2) is 13.2 Å². The van der Waals surface area contributed by atoms with Crippen LogP contribution in [-0.4, -0.2) is 44.1 Å². The monoisotopic (exact) mass is 326 g/mol. The molecule has 1 N–H and O–H groups in total. The lowest BCUT2D eigenvalue weighted by molar-refractivity contribution is 0.00578. The minimum Gasteiger partial charge on any atom is -0.478 e. The van der Waals surface area contributed by atoms with Crippen molar-refractivity contribution in [3.63, 3.8) is 0 Å². The standard InChI is InChI=1S/C14H19BO6S/c1-13(2)14(3,4)21-15(20-13)9-6-7-10(12(16)17)11(8-9)22(5,18)19/h6-8H,1-5H3,(H,16,17). The summed E-state index contributed by atoms with van der Waals surface area (Å²) in [6.07, 6.45) is 0.975. The van der Waals surface area contributed by atoms with Gasteiger partial charge in [0.15, 0.2) is 9.84 Å². The van der Waals surface area contributed by atoms with Gasteiger partial charge in [0.1, 0.15) is 0 Å². The first-order chi connectivity index (χ1) is 9.85. The molecule has 0 bridgehead atoms. The fourth-order valence-corrected chi connectivity index (χ4v) is 3.05. The van der Waals surface area contributed by atoms with Crippen molar-refractivity contribution in [2.24, 2.45) is 0 Å². The van der Waals surface area contributed by atoms with E-state index in [2.05, 4.69) is 0 Å². The Morgan fingerprint density at radius 3 is 2.05 bits per heavy atom. The van der Waals surface area contributed by atoms with Gasteiger partial charge >= 0.3 is 13.1 Å². The lowest BCUT2D eigenvalue weighted by atomic mass is 9.79.